The van der Waals surface area contributed by atoms with Crippen LogP contribution in [0.25, 0.3) is 0 Å². The summed E-state index contributed by atoms with van der Waals surface area (Å²) in [7, 11) is 0. The third-order valence-corrected chi connectivity index (χ3v) is 3.65. The Balaban J connectivity index is 1.82. The number of nitrogens with zero attached hydrogens (tertiary/aromatic N) is 1. The summed E-state index contributed by atoms with van der Waals surface area (Å²) in [6.07, 6.45) is 1.55. The lowest BCUT2D eigenvalue weighted by atomic mass is 9.92. The van der Waals surface area contributed by atoms with E-state index < -0.39 is 11.3 Å². The minimum Gasteiger partial charge on any atom is -0.303 e. The maximum Gasteiger partial charge on any atom is 0.254 e. The maximum atomic E-state index is 13.0. The number of rotatable bonds is 2. The molecule has 1 saturated carbocycles. The van der Waals surface area contributed by atoms with Gasteiger partial charge in [0, 0.05) is 18.4 Å². The first-order valence-electron chi connectivity index (χ1n) is 5.55. The van der Waals surface area contributed by atoms with Crippen molar-refractivity contribution in [3.8, 4) is 0 Å². The first kappa shape index (κ1) is 10.3. The van der Waals surface area contributed by atoms with Gasteiger partial charge in [0.05, 0.1) is 0 Å². The third kappa shape index (κ3) is 1.67. The van der Waals surface area contributed by atoms with E-state index in [4.69, 9.17) is 0 Å². The predicted molar refractivity (Wildman–Crippen MR) is 52.5 cm³/mol. The lowest BCUT2D eigenvalue weighted by Crippen LogP contribution is -2.38. The summed E-state index contributed by atoms with van der Waals surface area (Å²) >= 11 is 0. The molecule has 1 aliphatic heterocycles. The van der Waals surface area contributed by atoms with Crippen molar-refractivity contribution in [2.75, 3.05) is 19.6 Å². The van der Waals surface area contributed by atoms with Crippen LogP contribution in [-0.2, 0) is 0 Å². The van der Waals surface area contributed by atoms with Gasteiger partial charge >= 0.3 is 0 Å². The molecular formula is C11H19F2N. The average molecular weight is 203 g/mol. The summed E-state index contributed by atoms with van der Waals surface area (Å²) in [5.41, 5.74) is -0.583. The standard InChI is InChI=1S/C11H19F2N/c1-9(2)7-14-5-3-10(4-6-14)8-11(10,12)13/h9H,3-8H2,1-2H3. The second-order valence-electron chi connectivity index (χ2n) is 5.36. The Labute approximate surface area is 84.5 Å². The zero-order chi connectivity index (χ0) is 10.4. The van der Waals surface area contributed by atoms with Gasteiger partial charge in [-0.1, -0.05) is 13.8 Å². The molecule has 1 aliphatic carbocycles. The van der Waals surface area contributed by atoms with Crippen molar-refractivity contribution in [1.29, 1.82) is 0 Å². The van der Waals surface area contributed by atoms with Crippen LogP contribution in [0.2, 0.25) is 0 Å². The largest absolute Gasteiger partial charge is 0.303 e. The van der Waals surface area contributed by atoms with Crippen molar-refractivity contribution in [2.45, 2.75) is 39.0 Å². The minimum absolute atomic E-state index is 0.148. The maximum absolute atomic E-state index is 13.0. The molecule has 2 aliphatic rings. The molecule has 0 bridgehead atoms. The average Bonchev–Trinajstić information content (AvgIpc) is 2.58. The molecule has 0 amide bonds. The molecule has 0 unspecified atom stereocenters. The topological polar surface area (TPSA) is 3.24 Å². The smallest absolute Gasteiger partial charge is 0.254 e. The summed E-state index contributed by atoms with van der Waals surface area (Å²) in [5.74, 6) is -1.69. The highest BCUT2D eigenvalue weighted by atomic mass is 19.3. The molecule has 0 aromatic rings. The van der Waals surface area contributed by atoms with Gasteiger partial charge in [0.15, 0.2) is 0 Å². The Morgan fingerprint density at radius 3 is 2.07 bits per heavy atom. The van der Waals surface area contributed by atoms with Gasteiger partial charge in [0.25, 0.3) is 5.92 Å². The number of alkyl halides is 2. The summed E-state index contributed by atoms with van der Waals surface area (Å²) in [6, 6.07) is 0. The molecular weight excluding hydrogens is 184 g/mol. The van der Waals surface area contributed by atoms with E-state index in [1.807, 2.05) is 0 Å². The van der Waals surface area contributed by atoms with Gasteiger partial charge in [0.1, 0.15) is 0 Å². The number of halogens is 2. The summed E-state index contributed by atoms with van der Waals surface area (Å²) in [6.45, 7) is 7.15. The molecule has 2 fully saturated rings. The van der Waals surface area contributed by atoms with Crippen LogP contribution < -0.4 is 0 Å². The fraction of sp³-hybridized carbons (Fsp3) is 1.00. The van der Waals surface area contributed by atoms with Crippen molar-refractivity contribution in [1.82, 2.24) is 4.90 Å². The Morgan fingerprint density at radius 2 is 1.71 bits per heavy atom. The lowest BCUT2D eigenvalue weighted by molar-refractivity contribution is 0.0295. The highest BCUT2D eigenvalue weighted by molar-refractivity contribution is 5.11. The van der Waals surface area contributed by atoms with E-state index in [2.05, 4.69) is 18.7 Å². The summed E-state index contributed by atoms with van der Waals surface area (Å²) in [4.78, 5) is 2.32. The Bertz CT molecular complexity index is 217. The molecule has 0 radical (unpaired) electrons. The molecule has 1 spiro atoms. The Morgan fingerprint density at radius 1 is 1.21 bits per heavy atom. The molecule has 2 rings (SSSR count). The van der Waals surface area contributed by atoms with Crippen LogP contribution in [0.4, 0.5) is 8.78 Å². The molecule has 3 heteroatoms. The van der Waals surface area contributed by atoms with Gasteiger partial charge in [-0.15, -0.1) is 0 Å². The van der Waals surface area contributed by atoms with Gasteiger partial charge in [-0.2, -0.15) is 0 Å². The second kappa shape index (κ2) is 3.16. The van der Waals surface area contributed by atoms with Crippen LogP contribution >= 0.6 is 0 Å². The molecule has 0 atom stereocenters. The number of hydrogen-bond acceptors (Lipinski definition) is 1. The fourth-order valence-corrected chi connectivity index (χ4v) is 2.60. The molecule has 0 N–H and O–H groups in total. The zero-order valence-corrected chi connectivity index (χ0v) is 9.02. The first-order chi connectivity index (χ1) is 6.45. The predicted octanol–water partition coefficient (Wildman–Crippen LogP) is 2.76. The van der Waals surface area contributed by atoms with Crippen LogP contribution in [0.1, 0.15) is 33.1 Å². The fourth-order valence-electron chi connectivity index (χ4n) is 2.60. The molecule has 14 heavy (non-hydrogen) atoms. The quantitative estimate of drug-likeness (QED) is 0.667. The van der Waals surface area contributed by atoms with Crippen LogP contribution in [0.3, 0.4) is 0 Å². The van der Waals surface area contributed by atoms with Crippen molar-refractivity contribution in [3.05, 3.63) is 0 Å². The van der Waals surface area contributed by atoms with E-state index in [0.717, 1.165) is 19.6 Å². The van der Waals surface area contributed by atoms with Gasteiger partial charge in [-0.3, -0.25) is 0 Å². The van der Waals surface area contributed by atoms with E-state index in [0.29, 0.717) is 18.8 Å². The van der Waals surface area contributed by atoms with Gasteiger partial charge < -0.3 is 4.90 Å². The molecule has 1 saturated heterocycles. The normalized spacial score (nSPS) is 29.8. The van der Waals surface area contributed by atoms with Crippen LogP contribution in [0.15, 0.2) is 0 Å². The van der Waals surface area contributed by atoms with E-state index in [-0.39, 0.29) is 6.42 Å². The van der Waals surface area contributed by atoms with Crippen LogP contribution in [0.5, 0.6) is 0 Å². The molecule has 0 aromatic heterocycles. The number of likely N-dealkylation sites (tertiary alicyclic amines) is 1. The van der Waals surface area contributed by atoms with Crippen molar-refractivity contribution < 1.29 is 8.78 Å². The van der Waals surface area contributed by atoms with Gasteiger partial charge in [-0.25, -0.2) is 8.78 Å². The monoisotopic (exact) mass is 203 g/mol. The molecule has 1 heterocycles. The Kier molecular flexibility index (Phi) is 2.33. The van der Waals surface area contributed by atoms with E-state index >= 15 is 0 Å². The summed E-state index contributed by atoms with van der Waals surface area (Å²) in [5, 5.41) is 0. The second-order valence-corrected chi connectivity index (χ2v) is 5.36. The van der Waals surface area contributed by atoms with Crippen molar-refractivity contribution >= 4 is 0 Å². The van der Waals surface area contributed by atoms with Gasteiger partial charge in [-0.05, 0) is 31.8 Å². The van der Waals surface area contributed by atoms with E-state index in [1.165, 1.54) is 0 Å². The first-order valence-corrected chi connectivity index (χ1v) is 5.55. The van der Waals surface area contributed by atoms with Gasteiger partial charge in [0.2, 0.25) is 0 Å². The van der Waals surface area contributed by atoms with E-state index in [1.54, 1.807) is 0 Å². The molecule has 0 aromatic carbocycles. The summed E-state index contributed by atoms with van der Waals surface area (Å²) < 4.78 is 26.1. The third-order valence-electron chi connectivity index (χ3n) is 3.65. The Hall–Kier alpha value is -0.180. The number of piperidine rings is 1. The highest BCUT2D eigenvalue weighted by Crippen LogP contribution is 2.65. The zero-order valence-electron chi connectivity index (χ0n) is 9.02. The molecule has 82 valence electrons. The molecule has 1 nitrogen and oxygen atoms in total. The van der Waals surface area contributed by atoms with Crippen molar-refractivity contribution in [2.24, 2.45) is 11.3 Å². The SMILES string of the molecule is CC(C)CN1CCC2(CC1)CC2(F)F. The lowest BCUT2D eigenvalue weighted by Gasteiger charge is -2.33. The highest BCUT2D eigenvalue weighted by Gasteiger charge is 2.70. The van der Waals surface area contributed by atoms with E-state index in [9.17, 15) is 8.78 Å². The number of hydrogen-bond donors (Lipinski definition) is 0. The minimum atomic E-state index is -2.34. The van der Waals surface area contributed by atoms with Crippen molar-refractivity contribution in [3.63, 3.8) is 0 Å². The van der Waals surface area contributed by atoms with Crippen LogP contribution in [0, 0.1) is 11.3 Å². The van der Waals surface area contributed by atoms with Crippen LogP contribution in [-0.4, -0.2) is 30.5 Å².